The summed E-state index contributed by atoms with van der Waals surface area (Å²) >= 11 is 0. The molecule has 4 aliphatic heterocycles. The van der Waals surface area contributed by atoms with Crippen molar-refractivity contribution in [1.82, 2.24) is 10.6 Å². The molecule has 192 valence electrons. The van der Waals surface area contributed by atoms with Crippen LogP contribution in [0.1, 0.15) is 64.5 Å². The van der Waals surface area contributed by atoms with E-state index in [0.29, 0.717) is 29.7 Å². The Bertz CT molecular complexity index is 943. The first-order valence-corrected chi connectivity index (χ1v) is 12.9. The highest BCUT2D eigenvalue weighted by molar-refractivity contribution is 5.85. The number of nitrogens with one attached hydrogen (secondary N) is 2. The van der Waals surface area contributed by atoms with Gasteiger partial charge in [0.25, 0.3) is 0 Å². The van der Waals surface area contributed by atoms with Crippen LogP contribution in [0.15, 0.2) is 30.3 Å². The van der Waals surface area contributed by atoms with Crippen molar-refractivity contribution in [3.63, 3.8) is 0 Å². The Morgan fingerprint density at radius 2 is 1.80 bits per heavy atom. The average molecular weight is 487 g/mol. The zero-order chi connectivity index (χ0) is 24.8. The molecular formula is C27H38N2O6. The highest BCUT2D eigenvalue weighted by Gasteiger charge is 2.61. The monoisotopic (exact) mass is 486 g/mol. The molecule has 4 aliphatic rings. The Hall–Kier alpha value is -2.00. The second kappa shape index (κ2) is 9.47. The van der Waals surface area contributed by atoms with Crippen LogP contribution in [0.5, 0.6) is 0 Å². The van der Waals surface area contributed by atoms with Crippen molar-refractivity contribution in [2.24, 2.45) is 17.8 Å². The summed E-state index contributed by atoms with van der Waals surface area (Å²) in [4.78, 5) is 25.7. The van der Waals surface area contributed by atoms with Crippen molar-refractivity contribution in [3.05, 3.63) is 35.9 Å². The molecule has 5 rings (SSSR count). The van der Waals surface area contributed by atoms with Crippen LogP contribution in [-0.2, 0) is 28.5 Å². The Morgan fingerprint density at radius 3 is 2.51 bits per heavy atom. The number of carbonyl (C=O) groups is 2. The van der Waals surface area contributed by atoms with Gasteiger partial charge >= 0.3 is 5.97 Å². The zero-order valence-corrected chi connectivity index (χ0v) is 21.1. The van der Waals surface area contributed by atoms with Crippen LogP contribution in [0.25, 0.3) is 0 Å². The third-order valence-corrected chi connectivity index (χ3v) is 8.22. The van der Waals surface area contributed by atoms with Gasteiger partial charge in [0.05, 0.1) is 25.7 Å². The van der Waals surface area contributed by atoms with E-state index in [0.717, 1.165) is 25.8 Å². The molecule has 0 radical (unpaired) electrons. The molecule has 4 saturated heterocycles. The van der Waals surface area contributed by atoms with E-state index in [-0.39, 0.29) is 30.6 Å². The van der Waals surface area contributed by atoms with Gasteiger partial charge in [0.15, 0.2) is 11.8 Å². The SMILES string of the molecule is COC(=O)[C@H](NC(=O)C[C@]12C[C@H](C)C[C@@H](O1)[C@@H]1O[C@@]3(C[C@@H]1O2)NC[C@@H](C)C[C@H]3C)c1ccccc1. The summed E-state index contributed by atoms with van der Waals surface area (Å²) in [6, 6.07) is 8.23. The Kier molecular flexibility index (Phi) is 6.68. The lowest BCUT2D eigenvalue weighted by atomic mass is 9.80. The first-order valence-electron chi connectivity index (χ1n) is 12.9. The number of rotatable bonds is 5. The molecule has 9 atom stereocenters. The smallest absolute Gasteiger partial charge is 0.333 e. The van der Waals surface area contributed by atoms with E-state index in [1.165, 1.54) is 7.11 Å². The van der Waals surface area contributed by atoms with Gasteiger partial charge in [0.1, 0.15) is 11.8 Å². The fraction of sp³-hybridized carbons (Fsp3) is 0.704. The van der Waals surface area contributed by atoms with Gasteiger partial charge < -0.3 is 24.3 Å². The van der Waals surface area contributed by atoms with E-state index in [4.69, 9.17) is 18.9 Å². The number of hydrogen-bond acceptors (Lipinski definition) is 7. The lowest BCUT2D eigenvalue weighted by Crippen LogP contribution is -2.60. The lowest BCUT2D eigenvalue weighted by Gasteiger charge is -2.51. The van der Waals surface area contributed by atoms with E-state index in [9.17, 15) is 9.59 Å². The first kappa shape index (κ1) is 24.7. The Labute approximate surface area is 207 Å². The number of esters is 1. The van der Waals surface area contributed by atoms with Crippen molar-refractivity contribution in [3.8, 4) is 0 Å². The summed E-state index contributed by atoms with van der Waals surface area (Å²) in [6.07, 6.45) is 2.97. The molecule has 8 heteroatoms. The average Bonchev–Trinajstić information content (AvgIpc) is 3.19. The van der Waals surface area contributed by atoms with Crippen molar-refractivity contribution in [1.29, 1.82) is 0 Å². The van der Waals surface area contributed by atoms with Crippen LogP contribution in [0.4, 0.5) is 0 Å². The molecule has 0 aliphatic carbocycles. The van der Waals surface area contributed by atoms with Gasteiger partial charge in [0, 0.05) is 19.4 Å². The predicted molar refractivity (Wildman–Crippen MR) is 128 cm³/mol. The van der Waals surface area contributed by atoms with E-state index >= 15 is 0 Å². The van der Waals surface area contributed by atoms with Gasteiger partial charge in [-0.2, -0.15) is 0 Å². The summed E-state index contributed by atoms with van der Waals surface area (Å²) in [5, 5.41) is 6.53. The van der Waals surface area contributed by atoms with Crippen molar-refractivity contribution < 1.29 is 28.5 Å². The number of carbonyl (C=O) groups excluding carboxylic acids is 2. The van der Waals surface area contributed by atoms with Crippen LogP contribution in [-0.4, -0.2) is 55.4 Å². The molecule has 2 N–H and O–H groups in total. The van der Waals surface area contributed by atoms with Crippen LogP contribution < -0.4 is 10.6 Å². The highest BCUT2D eigenvalue weighted by Crippen LogP contribution is 2.51. The summed E-state index contributed by atoms with van der Waals surface area (Å²) in [6.45, 7) is 7.60. The molecular weight excluding hydrogens is 448 g/mol. The fourth-order valence-corrected chi connectivity index (χ4v) is 6.63. The third-order valence-electron chi connectivity index (χ3n) is 8.22. The van der Waals surface area contributed by atoms with E-state index < -0.39 is 23.5 Å². The molecule has 1 aromatic carbocycles. The van der Waals surface area contributed by atoms with Gasteiger partial charge in [-0.05, 0) is 36.2 Å². The van der Waals surface area contributed by atoms with Gasteiger partial charge in [-0.25, -0.2) is 4.79 Å². The molecule has 35 heavy (non-hydrogen) atoms. The lowest BCUT2D eigenvalue weighted by molar-refractivity contribution is -0.363. The van der Waals surface area contributed by atoms with E-state index in [1.54, 1.807) is 12.1 Å². The number of hydrogen-bond donors (Lipinski definition) is 2. The Morgan fingerprint density at radius 1 is 1.06 bits per heavy atom. The number of methoxy groups -OCH3 is 1. The molecule has 0 aromatic heterocycles. The van der Waals surface area contributed by atoms with Crippen LogP contribution >= 0.6 is 0 Å². The fourth-order valence-electron chi connectivity index (χ4n) is 6.63. The molecule has 1 amide bonds. The molecule has 8 nitrogen and oxygen atoms in total. The van der Waals surface area contributed by atoms with Crippen molar-refractivity contribution in [2.45, 2.75) is 88.7 Å². The number of piperidine rings is 1. The van der Waals surface area contributed by atoms with Gasteiger partial charge in [-0.15, -0.1) is 0 Å². The van der Waals surface area contributed by atoms with Crippen molar-refractivity contribution in [2.75, 3.05) is 13.7 Å². The number of fused-ring (bicyclic) bond motifs is 4. The summed E-state index contributed by atoms with van der Waals surface area (Å²) in [5.74, 6) is -0.540. The molecule has 4 heterocycles. The summed E-state index contributed by atoms with van der Waals surface area (Å²) < 4.78 is 24.7. The molecule has 0 unspecified atom stereocenters. The molecule has 0 saturated carbocycles. The molecule has 1 aromatic rings. The second-order valence-corrected chi connectivity index (χ2v) is 11.2. The Balaban J connectivity index is 1.32. The normalized spacial score (nSPS) is 41.1. The maximum atomic E-state index is 13.3. The topological polar surface area (TPSA) is 95.1 Å². The maximum absolute atomic E-state index is 13.3. The quantitative estimate of drug-likeness (QED) is 0.618. The molecule has 4 fully saturated rings. The third kappa shape index (κ3) is 4.73. The minimum atomic E-state index is -1.02. The maximum Gasteiger partial charge on any atom is 0.333 e. The summed E-state index contributed by atoms with van der Waals surface area (Å²) in [5.41, 5.74) is 0.266. The molecule has 1 spiro atoms. The minimum absolute atomic E-state index is 0.0183. The largest absolute Gasteiger partial charge is 0.467 e. The summed E-state index contributed by atoms with van der Waals surface area (Å²) in [7, 11) is 1.32. The number of benzene rings is 1. The van der Waals surface area contributed by atoms with Crippen LogP contribution in [0, 0.1) is 17.8 Å². The van der Waals surface area contributed by atoms with Gasteiger partial charge in [-0.1, -0.05) is 51.1 Å². The minimum Gasteiger partial charge on any atom is -0.467 e. The van der Waals surface area contributed by atoms with Crippen LogP contribution in [0.2, 0.25) is 0 Å². The zero-order valence-electron chi connectivity index (χ0n) is 21.1. The molecule has 2 bridgehead atoms. The number of amides is 1. The van der Waals surface area contributed by atoms with Gasteiger partial charge in [0.2, 0.25) is 5.91 Å². The van der Waals surface area contributed by atoms with E-state index in [1.807, 2.05) is 18.2 Å². The highest BCUT2D eigenvalue weighted by atomic mass is 16.7. The second-order valence-electron chi connectivity index (χ2n) is 11.2. The predicted octanol–water partition coefficient (Wildman–Crippen LogP) is 3.07. The first-order chi connectivity index (χ1) is 16.7. The van der Waals surface area contributed by atoms with Gasteiger partial charge in [-0.3, -0.25) is 10.1 Å². The van der Waals surface area contributed by atoms with Crippen molar-refractivity contribution >= 4 is 11.9 Å². The van der Waals surface area contributed by atoms with E-state index in [2.05, 4.69) is 31.4 Å². The standard InChI is InChI=1S/C27H38N2O6/c1-16-11-20-24-21(13-27(35-24)18(3)10-17(2)15-28-27)34-26(12-16,33-20)14-22(30)29-23(25(31)32-4)19-8-6-5-7-9-19/h5-9,16-18,20-21,23-24,28H,10-15H2,1-4H3,(H,29,30)/t16-,17+,18-,20-,21+,23-,24+,26-,27-/m1/s1. The number of ether oxygens (including phenoxy) is 4. The van der Waals surface area contributed by atoms with Crippen LogP contribution in [0.3, 0.4) is 0 Å².